The lowest BCUT2D eigenvalue weighted by Crippen LogP contribution is -2.39. The van der Waals surface area contributed by atoms with E-state index in [1.165, 1.54) is 30.3 Å². The first-order valence-electron chi connectivity index (χ1n) is 9.62. The van der Waals surface area contributed by atoms with Gasteiger partial charge in [-0.1, -0.05) is 12.1 Å². The minimum Gasteiger partial charge on any atom is -0.406 e. The van der Waals surface area contributed by atoms with Crippen molar-refractivity contribution in [2.75, 3.05) is 13.1 Å². The molecule has 1 atom stereocenters. The van der Waals surface area contributed by atoms with Crippen LogP contribution in [0.2, 0.25) is 0 Å². The molecule has 1 aliphatic heterocycles. The van der Waals surface area contributed by atoms with Crippen LogP contribution in [0.4, 0.5) is 17.6 Å². The maximum absolute atomic E-state index is 13.6. The van der Waals surface area contributed by atoms with Crippen LogP contribution in [-0.4, -0.2) is 29.9 Å². The average molecular weight is 470 g/mol. The fourth-order valence-corrected chi connectivity index (χ4v) is 3.88. The molecule has 0 radical (unpaired) electrons. The Hall–Kier alpha value is -3.04. The van der Waals surface area contributed by atoms with Crippen LogP contribution in [0, 0.1) is 5.82 Å². The first kappa shape index (κ1) is 23.6. The number of amides is 1. The molecule has 10 heteroatoms. The number of alkyl halides is 3. The summed E-state index contributed by atoms with van der Waals surface area (Å²) in [6.45, 7) is 0.744. The molecule has 0 saturated heterocycles. The van der Waals surface area contributed by atoms with Crippen molar-refractivity contribution < 1.29 is 27.1 Å². The SMILES string of the molecule is Cl.NCC[C@H]1CNC(=O)c2cc(-c3cccc(OC(F)(F)F)c3)c(-c3ccc(F)cc3)n21. The first-order valence-corrected chi connectivity index (χ1v) is 9.62. The fourth-order valence-electron chi connectivity index (χ4n) is 3.88. The lowest BCUT2D eigenvalue weighted by atomic mass is 10.0. The molecule has 0 fully saturated rings. The molecule has 5 nitrogen and oxygen atoms in total. The van der Waals surface area contributed by atoms with E-state index in [-0.39, 0.29) is 30.1 Å². The molecule has 0 spiro atoms. The Balaban J connectivity index is 0.00000289. The molecule has 2 heterocycles. The highest BCUT2D eigenvalue weighted by atomic mass is 35.5. The van der Waals surface area contributed by atoms with Gasteiger partial charge in [0.2, 0.25) is 0 Å². The van der Waals surface area contributed by atoms with Crippen LogP contribution in [0.25, 0.3) is 22.4 Å². The van der Waals surface area contributed by atoms with E-state index in [0.29, 0.717) is 47.6 Å². The Morgan fingerprint density at radius 1 is 1.09 bits per heavy atom. The number of nitrogens with one attached hydrogen (secondary N) is 1. The molecule has 1 aliphatic rings. The predicted octanol–water partition coefficient (Wildman–Crippen LogP) is 4.91. The Morgan fingerprint density at radius 3 is 2.47 bits per heavy atom. The highest BCUT2D eigenvalue weighted by molar-refractivity contribution is 5.98. The van der Waals surface area contributed by atoms with Gasteiger partial charge in [-0.15, -0.1) is 25.6 Å². The van der Waals surface area contributed by atoms with Gasteiger partial charge in [-0.25, -0.2) is 4.39 Å². The van der Waals surface area contributed by atoms with Gasteiger partial charge in [0.1, 0.15) is 17.3 Å². The van der Waals surface area contributed by atoms with Gasteiger partial charge >= 0.3 is 6.36 Å². The van der Waals surface area contributed by atoms with Crippen LogP contribution in [0.5, 0.6) is 5.75 Å². The Labute approximate surface area is 187 Å². The van der Waals surface area contributed by atoms with Gasteiger partial charge in [-0.2, -0.15) is 0 Å². The molecule has 1 aromatic heterocycles. The lowest BCUT2D eigenvalue weighted by Gasteiger charge is -2.28. The molecule has 4 rings (SSSR count). The summed E-state index contributed by atoms with van der Waals surface area (Å²) in [6.07, 6.45) is -4.25. The van der Waals surface area contributed by atoms with Gasteiger partial charge in [0, 0.05) is 12.1 Å². The molecule has 0 aliphatic carbocycles. The van der Waals surface area contributed by atoms with E-state index in [9.17, 15) is 22.4 Å². The van der Waals surface area contributed by atoms with Gasteiger partial charge in [-0.3, -0.25) is 4.79 Å². The summed E-state index contributed by atoms with van der Waals surface area (Å²) in [5, 5.41) is 2.82. The second kappa shape index (κ2) is 9.22. The van der Waals surface area contributed by atoms with E-state index in [1.807, 2.05) is 4.57 Å². The summed E-state index contributed by atoms with van der Waals surface area (Å²) >= 11 is 0. The summed E-state index contributed by atoms with van der Waals surface area (Å²) in [5.41, 5.74) is 8.32. The first-order chi connectivity index (χ1) is 14.8. The number of halogens is 5. The largest absolute Gasteiger partial charge is 0.573 e. The zero-order chi connectivity index (χ0) is 22.2. The molecule has 1 amide bonds. The highest BCUT2D eigenvalue weighted by Crippen LogP contribution is 2.40. The zero-order valence-corrected chi connectivity index (χ0v) is 17.5. The number of aromatic nitrogens is 1. The molecule has 0 unspecified atom stereocenters. The van der Waals surface area contributed by atoms with Crippen molar-refractivity contribution in [2.45, 2.75) is 18.8 Å². The minimum atomic E-state index is -4.83. The zero-order valence-electron chi connectivity index (χ0n) is 16.7. The number of hydrogen-bond acceptors (Lipinski definition) is 3. The third-order valence-corrected chi connectivity index (χ3v) is 5.13. The van der Waals surface area contributed by atoms with Gasteiger partial charge in [0.15, 0.2) is 0 Å². The highest BCUT2D eigenvalue weighted by Gasteiger charge is 2.32. The normalized spacial score (nSPS) is 15.5. The third-order valence-electron chi connectivity index (χ3n) is 5.13. The molecule has 170 valence electrons. The number of hydrogen-bond donors (Lipinski definition) is 2. The predicted molar refractivity (Wildman–Crippen MR) is 114 cm³/mol. The van der Waals surface area contributed by atoms with E-state index < -0.39 is 12.2 Å². The Morgan fingerprint density at radius 2 is 1.81 bits per heavy atom. The monoisotopic (exact) mass is 469 g/mol. The van der Waals surface area contributed by atoms with E-state index in [0.717, 1.165) is 0 Å². The quantitative estimate of drug-likeness (QED) is 0.521. The Kier molecular flexibility index (Phi) is 6.80. The van der Waals surface area contributed by atoms with Crippen molar-refractivity contribution in [3.05, 3.63) is 66.1 Å². The number of benzene rings is 2. The summed E-state index contributed by atoms with van der Waals surface area (Å²) in [5.74, 6) is -1.10. The fraction of sp³-hybridized carbons (Fsp3) is 0.227. The van der Waals surface area contributed by atoms with E-state index in [4.69, 9.17) is 5.73 Å². The molecule has 0 bridgehead atoms. The van der Waals surface area contributed by atoms with Crippen molar-refractivity contribution in [3.63, 3.8) is 0 Å². The molecule has 32 heavy (non-hydrogen) atoms. The van der Waals surface area contributed by atoms with Gasteiger partial charge in [-0.05, 0) is 66.6 Å². The van der Waals surface area contributed by atoms with Crippen molar-refractivity contribution in [3.8, 4) is 28.1 Å². The number of ether oxygens (including phenoxy) is 1. The summed E-state index contributed by atoms with van der Waals surface area (Å²) in [6, 6.07) is 12.8. The topological polar surface area (TPSA) is 69.3 Å². The van der Waals surface area contributed by atoms with Crippen molar-refractivity contribution in [1.29, 1.82) is 0 Å². The Bertz CT molecular complexity index is 1110. The molecule has 3 N–H and O–H groups in total. The number of nitrogens with zero attached hydrogens (tertiary/aromatic N) is 1. The molecular weight excluding hydrogens is 450 g/mol. The third kappa shape index (κ3) is 4.73. The van der Waals surface area contributed by atoms with Crippen molar-refractivity contribution in [1.82, 2.24) is 9.88 Å². The van der Waals surface area contributed by atoms with Crippen LogP contribution in [0.3, 0.4) is 0 Å². The smallest absolute Gasteiger partial charge is 0.406 e. The molecule has 0 saturated carbocycles. The second-order valence-corrected chi connectivity index (χ2v) is 7.19. The van der Waals surface area contributed by atoms with Crippen LogP contribution in [-0.2, 0) is 0 Å². The minimum absolute atomic E-state index is 0. The number of carbonyl (C=O) groups excluding carboxylic acids is 1. The summed E-state index contributed by atoms with van der Waals surface area (Å²) < 4.78 is 57.6. The number of carbonyl (C=O) groups is 1. The summed E-state index contributed by atoms with van der Waals surface area (Å²) in [4.78, 5) is 12.6. The number of nitrogens with two attached hydrogens (primary N) is 1. The maximum atomic E-state index is 13.6. The molecular formula is C22H20ClF4N3O2. The molecule has 3 aromatic rings. The van der Waals surface area contributed by atoms with Crippen LogP contribution >= 0.6 is 12.4 Å². The van der Waals surface area contributed by atoms with E-state index in [2.05, 4.69) is 10.1 Å². The van der Waals surface area contributed by atoms with Crippen molar-refractivity contribution in [2.24, 2.45) is 5.73 Å². The lowest BCUT2D eigenvalue weighted by molar-refractivity contribution is -0.274. The van der Waals surface area contributed by atoms with E-state index >= 15 is 0 Å². The van der Waals surface area contributed by atoms with Crippen LogP contribution in [0.1, 0.15) is 23.0 Å². The number of fused-ring (bicyclic) bond motifs is 1. The van der Waals surface area contributed by atoms with Gasteiger partial charge < -0.3 is 20.4 Å². The number of rotatable bonds is 5. The van der Waals surface area contributed by atoms with Crippen molar-refractivity contribution >= 4 is 18.3 Å². The van der Waals surface area contributed by atoms with Crippen LogP contribution < -0.4 is 15.8 Å². The average Bonchev–Trinajstić information content (AvgIpc) is 3.11. The standard InChI is InChI=1S/C22H19F4N3O2.ClH/c23-15-6-4-13(5-7-15)20-18(14-2-1-3-17(10-14)31-22(24,25)26)11-19-21(30)28-12-16(8-9-27)29(19)20;/h1-7,10-11,16H,8-9,12,27H2,(H,28,30);1H/t16-;/m0./s1. The summed E-state index contributed by atoms with van der Waals surface area (Å²) in [7, 11) is 0. The van der Waals surface area contributed by atoms with Gasteiger partial charge in [0.25, 0.3) is 5.91 Å². The maximum Gasteiger partial charge on any atom is 0.573 e. The molecule has 2 aromatic carbocycles. The van der Waals surface area contributed by atoms with Crippen LogP contribution in [0.15, 0.2) is 54.6 Å². The second-order valence-electron chi connectivity index (χ2n) is 7.19. The van der Waals surface area contributed by atoms with E-state index in [1.54, 1.807) is 24.3 Å². The van der Waals surface area contributed by atoms with Gasteiger partial charge in [0.05, 0.1) is 11.7 Å².